The fourth-order valence-electron chi connectivity index (χ4n) is 5.04. The van der Waals surface area contributed by atoms with Crippen LogP contribution >= 0.6 is 154 Å². The summed E-state index contributed by atoms with van der Waals surface area (Å²) in [6, 6.07) is 15.8. The minimum absolute atomic E-state index is 0. The number of phenolic OH excluding ortho intramolecular Hbond substituents is 1. The molecule has 274 valence electrons. The van der Waals surface area contributed by atoms with Crippen LogP contribution in [-0.4, -0.2) is 28.2 Å². The van der Waals surface area contributed by atoms with Crippen molar-refractivity contribution in [3.63, 3.8) is 0 Å². The molecule has 55 heavy (non-hydrogen) atoms. The predicted molar refractivity (Wildman–Crippen MR) is 244 cm³/mol. The number of benzene rings is 5. The van der Waals surface area contributed by atoms with E-state index in [1.807, 2.05) is 12.1 Å². The summed E-state index contributed by atoms with van der Waals surface area (Å²) in [6.45, 7) is 0. The molecule has 0 amide bonds. The Morgan fingerprint density at radius 3 is 2.00 bits per heavy atom. The molecule has 0 unspecified atom stereocenters. The third-order valence-corrected chi connectivity index (χ3v) is 13.3. The van der Waals surface area contributed by atoms with Gasteiger partial charge in [0.1, 0.15) is 27.6 Å². The molecule has 20 heteroatoms. The fraction of sp³-hybridized carbons (Fsp3) is 0.0571. The van der Waals surface area contributed by atoms with Crippen LogP contribution < -0.4 is 85.2 Å². The van der Waals surface area contributed by atoms with Gasteiger partial charge in [0.25, 0.3) is 0 Å². The summed E-state index contributed by atoms with van der Waals surface area (Å²) in [7, 11) is 0. The van der Waals surface area contributed by atoms with Crippen molar-refractivity contribution in [2.45, 2.75) is 12.5 Å². The van der Waals surface area contributed by atoms with Gasteiger partial charge in [-0.25, -0.2) is 0 Å². The summed E-state index contributed by atoms with van der Waals surface area (Å²) in [5, 5.41) is 43.4. The molecule has 6 rings (SSSR count). The minimum atomic E-state index is -1.35. The minimum Gasteiger partial charge on any atom is -0.871 e. The average Bonchev–Trinajstić information content (AvgIpc) is 3.10. The van der Waals surface area contributed by atoms with Crippen molar-refractivity contribution >= 4 is 177 Å². The van der Waals surface area contributed by atoms with Crippen molar-refractivity contribution in [1.29, 1.82) is 0 Å². The molecule has 4 N–H and O–H groups in total. The Kier molecular flexibility index (Phi) is 19.6. The van der Waals surface area contributed by atoms with Gasteiger partial charge in [-0.2, -0.15) is 0 Å². The van der Waals surface area contributed by atoms with E-state index in [4.69, 9.17) is 20.0 Å². The van der Waals surface area contributed by atoms with Crippen LogP contribution in [0, 0.1) is 14.3 Å². The molecule has 0 saturated heterocycles. The third-order valence-electron chi connectivity index (χ3n) is 7.46. The zero-order valence-electron chi connectivity index (χ0n) is 27.9. The van der Waals surface area contributed by atoms with Gasteiger partial charge in [0.05, 0.1) is 29.2 Å². The third kappa shape index (κ3) is 11.4. The van der Waals surface area contributed by atoms with Gasteiger partial charge >= 0.3 is 65.1 Å². The van der Waals surface area contributed by atoms with E-state index in [9.17, 15) is 29.7 Å². The van der Waals surface area contributed by atoms with Crippen LogP contribution in [0.1, 0.15) is 15.9 Å². The summed E-state index contributed by atoms with van der Waals surface area (Å²) in [5.74, 6) is -0.945. The molecular weight excluding hydrogens is 1450 g/mol. The van der Waals surface area contributed by atoms with Crippen molar-refractivity contribution in [2.75, 3.05) is 0 Å². The van der Waals surface area contributed by atoms with Crippen LogP contribution in [0.25, 0.3) is 33.4 Å². The maximum atomic E-state index is 12.4. The van der Waals surface area contributed by atoms with Gasteiger partial charge in [0.2, 0.25) is 5.43 Å². The summed E-state index contributed by atoms with van der Waals surface area (Å²) in [5.41, 5.74) is 7.61. The Morgan fingerprint density at radius 1 is 0.855 bits per heavy atom. The van der Waals surface area contributed by atoms with Crippen molar-refractivity contribution in [2.24, 2.45) is 5.73 Å². The normalized spacial score (nSPS) is 11.2. The van der Waals surface area contributed by atoms with Crippen molar-refractivity contribution in [3.8, 4) is 45.4 Å². The molecule has 0 aromatic heterocycles. The van der Waals surface area contributed by atoms with Crippen LogP contribution in [0.15, 0.2) is 87.8 Å². The van der Waals surface area contributed by atoms with Crippen molar-refractivity contribution in [1.82, 2.24) is 0 Å². The number of fused-ring (bicyclic) bond motifs is 2. The molecular formula is C35H17Br4I4NNa2O9. The number of carboxylic acids is 2. The van der Waals surface area contributed by atoms with Crippen LogP contribution in [-0.2, 0) is 11.2 Å². The smallest absolute Gasteiger partial charge is 0.871 e. The van der Waals surface area contributed by atoms with Gasteiger partial charge in [-0.05, 0) is 192 Å². The number of rotatable bonds is 7. The first-order valence-corrected chi connectivity index (χ1v) is 22.0. The number of ether oxygens (including phenoxy) is 1. The first kappa shape index (κ1) is 50.1. The number of aliphatic carboxylic acids is 1. The molecule has 1 aliphatic carbocycles. The van der Waals surface area contributed by atoms with E-state index in [2.05, 4.69) is 154 Å². The van der Waals surface area contributed by atoms with Crippen molar-refractivity contribution < 1.29 is 98.3 Å². The Morgan fingerprint density at radius 2 is 1.44 bits per heavy atom. The monoisotopic (exact) mass is 1460 g/mol. The molecule has 0 fully saturated rings. The Labute approximate surface area is 445 Å². The van der Waals surface area contributed by atoms with Crippen LogP contribution in [0.4, 0.5) is 0 Å². The molecule has 4 aromatic carbocycles. The van der Waals surface area contributed by atoms with Gasteiger partial charge in [0, 0.05) is 26.5 Å². The number of carbonyl (C=O) groups is 2. The number of phenols is 1. The van der Waals surface area contributed by atoms with Gasteiger partial charge in [-0.1, -0.05) is 45.9 Å². The van der Waals surface area contributed by atoms with Crippen molar-refractivity contribution in [3.05, 3.63) is 114 Å². The molecule has 1 atom stereocenters. The maximum Gasteiger partial charge on any atom is 1.00 e. The van der Waals surface area contributed by atoms with Crippen LogP contribution in [0.2, 0.25) is 0 Å². The Balaban J connectivity index is 0.000000290. The second kappa shape index (κ2) is 21.5. The number of hydrogen-bond acceptors (Lipinski definition) is 9. The summed E-state index contributed by atoms with van der Waals surface area (Å²) in [6.07, 6.45) is 0.261. The maximum absolute atomic E-state index is 12.4. The molecule has 10 nitrogen and oxygen atoms in total. The van der Waals surface area contributed by atoms with Crippen LogP contribution in [0.3, 0.4) is 0 Å². The second-order valence-electron chi connectivity index (χ2n) is 10.9. The predicted octanol–water partition coefficient (Wildman–Crippen LogP) is 3.62. The largest absolute Gasteiger partial charge is 1.00 e. The standard InChI is InChI=1S/C20H8Br4O5.C15H11I4NO4.2Na/c21-11-5-9-13(7-3-1-2-4-8(7)20(27)28)10-6-12(22)17(26)15(24)19(10)29-18(9)14(23)16(11)25;16-8-4-7(5-9(17)13(8)21)24-14-10(18)1-6(2-11(14)19)3-12(20)15(22)23;;/h1-6,25H,(H,27,28);1-2,4-5,12,21H,3,20H2,(H,22,23);;/q;;2*+1/p-2/t;12-;;/m.0../s1. The van der Waals surface area contributed by atoms with Crippen LogP contribution in [0.5, 0.6) is 23.0 Å². The van der Waals surface area contributed by atoms with E-state index in [0.29, 0.717) is 40.7 Å². The van der Waals surface area contributed by atoms with E-state index < -0.39 is 18.0 Å². The fourth-order valence-corrected chi connectivity index (χ4v) is 11.3. The molecule has 2 aliphatic rings. The van der Waals surface area contributed by atoms with Gasteiger partial charge in [0.15, 0.2) is 11.5 Å². The quantitative estimate of drug-likeness (QED) is 0.121. The summed E-state index contributed by atoms with van der Waals surface area (Å²) in [4.78, 5) is 35.1. The number of aromatic hydroxyl groups is 1. The van der Waals surface area contributed by atoms with E-state index in [-0.39, 0.29) is 117 Å². The number of hydrogen-bond donors (Lipinski definition) is 3. The number of carbonyl (C=O) groups excluding carboxylic acids is 1. The number of halogens is 8. The zero-order valence-corrected chi connectivity index (χ0v) is 46.9. The van der Waals surface area contributed by atoms with E-state index in [1.54, 1.807) is 42.5 Å². The topological polar surface area (TPSA) is 186 Å². The molecule has 1 aliphatic heterocycles. The SMILES string of the molecule is N[C@@H](Cc1cc(I)c(Oc2cc(I)c(O)c(I)c2)c(I)c1)C(=O)O.O=C([O-])c1ccccc1-c1c2cc(Br)c(=O)c(Br)c-2oc2c(Br)c([O-])c(Br)cc12.[Na+].[Na+]. The number of carboxylic acid groups (broad SMARTS) is 2. The molecule has 4 aromatic rings. The first-order chi connectivity index (χ1) is 24.9. The molecule has 0 spiro atoms. The summed E-state index contributed by atoms with van der Waals surface area (Å²) >= 11 is 21.4. The number of nitrogens with two attached hydrogens (primary N) is 1. The average molecular weight is 1470 g/mol. The zero-order chi connectivity index (χ0) is 39.0. The Hall–Kier alpha value is 0.710. The number of aromatic carboxylic acids is 1. The molecule has 0 saturated carbocycles. The molecule has 0 bridgehead atoms. The van der Waals surface area contributed by atoms with Gasteiger partial charge in [-0.15, -0.1) is 0 Å². The summed E-state index contributed by atoms with van der Waals surface area (Å²) < 4.78 is 15.9. The second-order valence-corrected chi connectivity index (χ2v) is 18.9. The first-order valence-electron chi connectivity index (χ1n) is 14.5. The van der Waals surface area contributed by atoms with Gasteiger partial charge < -0.3 is 40.1 Å². The Bertz CT molecular complexity index is 2460. The molecule has 1 heterocycles. The van der Waals surface area contributed by atoms with Gasteiger partial charge in [-0.3, -0.25) is 9.59 Å². The van der Waals surface area contributed by atoms with E-state index in [1.165, 1.54) is 6.07 Å². The van der Waals surface area contributed by atoms with E-state index in [0.717, 1.165) is 12.7 Å². The van der Waals surface area contributed by atoms with E-state index >= 15 is 0 Å². The molecule has 0 radical (unpaired) electrons.